The average Bonchev–Trinajstić information content (AvgIpc) is 2.83. The minimum absolute atomic E-state index is 0.248. The van der Waals surface area contributed by atoms with E-state index in [4.69, 9.17) is 4.42 Å². The maximum Gasteiger partial charge on any atom is 0.339 e. The van der Waals surface area contributed by atoms with Crippen LogP contribution in [0.4, 0.5) is 0 Å². The molecule has 0 aliphatic heterocycles. The second kappa shape index (κ2) is 3.23. The van der Waals surface area contributed by atoms with Crippen LogP contribution in [0.2, 0.25) is 0 Å². The van der Waals surface area contributed by atoms with Gasteiger partial charge in [0, 0.05) is 5.92 Å². The van der Waals surface area contributed by atoms with Gasteiger partial charge in [-0.2, -0.15) is 5.10 Å². The summed E-state index contributed by atoms with van der Waals surface area (Å²) in [5.74, 6) is -0.148. The first-order chi connectivity index (χ1) is 7.77. The van der Waals surface area contributed by atoms with Crippen molar-refractivity contribution in [3.63, 3.8) is 0 Å². The van der Waals surface area contributed by atoms with Crippen LogP contribution < -0.4 is 0 Å². The van der Waals surface area contributed by atoms with Gasteiger partial charge in [-0.05, 0) is 25.0 Å². The number of carbonyl (C=O) groups is 1. The van der Waals surface area contributed by atoms with Crippen molar-refractivity contribution in [1.29, 1.82) is 0 Å². The van der Waals surface area contributed by atoms with E-state index in [0.29, 0.717) is 17.4 Å². The topological polar surface area (TPSA) is 79.1 Å². The van der Waals surface area contributed by atoms with Crippen molar-refractivity contribution in [2.45, 2.75) is 18.8 Å². The molecule has 0 unspecified atom stereocenters. The summed E-state index contributed by atoms with van der Waals surface area (Å²) < 4.78 is 5.18. The third kappa shape index (κ3) is 1.32. The maximum atomic E-state index is 11.2. The summed E-state index contributed by atoms with van der Waals surface area (Å²) in [4.78, 5) is 11.2. The zero-order valence-corrected chi connectivity index (χ0v) is 8.43. The third-order valence-electron chi connectivity index (χ3n) is 2.75. The van der Waals surface area contributed by atoms with Gasteiger partial charge in [0.1, 0.15) is 11.3 Å². The molecule has 2 aromatic heterocycles. The Morgan fingerprint density at radius 3 is 2.94 bits per heavy atom. The molecule has 2 heterocycles. The molecule has 5 heteroatoms. The van der Waals surface area contributed by atoms with Crippen LogP contribution in [0.5, 0.6) is 0 Å². The predicted molar refractivity (Wildman–Crippen MR) is 55.2 cm³/mol. The molecule has 1 aliphatic carbocycles. The lowest BCUT2D eigenvalue weighted by Crippen LogP contribution is -2.00. The summed E-state index contributed by atoms with van der Waals surface area (Å²) in [6.45, 7) is 0. The molecule has 0 aromatic carbocycles. The minimum Gasteiger partial charge on any atom is -0.478 e. The van der Waals surface area contributed by atoms with Crippen molar-refractivity contribution < 1.29 is 14.3 Å². The van der Waals surface area contributed by atoms with Crippen LogP contribution in [-0.2, 0) is 0 Å². The number of rotatable bonds is 3. The summed E-state index contributed by atoms with van der Waals surface area (Å²) in [5, 5.41) is 16.1. The first-order valence-electron chi connectivity index (χ1n) is 5.13. The van der Waals surface area contributed by atoms with Crippen molar-refractivity contribution in [2.24, 2.45) is 0 Å². The average molecular weight is 218 g/mol. The number of hydrogen-bond donors (Lipinski definition) is 2. The summed E-state index contributed by atoms with van der Waals surface area (Å²) >= 11 is 0. The second-order valence-corrected chi connectivity index (χ2v) is 3.92. The van der Waals surface area contributed by atoms with Crippen LogP contribution in [0.1, 0.15) is 34.8 Å². The molecule has 1 saturated carbocycles. The monoisotopic (exact) mass is 218 g/mol. The number of nitrogens with zero attached hydrogens (tertiary/aromatic N) is 1. The SMILES string of the molecule is O=C(O)c1c(-c2ccco2)n[nH]c1C1CC1. The largest absolute Gasteiger partial charge is 0.478 e. The van der Waals surface area contributed by atoms with Gasteiger partial charge in [0.15, 0.2) is 5.76 Å². The number of aromatic amines is 1. The number of aromatic carboxylic acids is 1. The van der Waals surface area contributed by atoms with Crippen molar-refractivity contribution in [2.75, 3.05) is 0 Å². The van der Waals surface area contributed by atoms with E-state index in [9.17, 15) is 9.90 Å². The zero-order valence-electron chi connectivity index (χ0n) is 8.43. The van der Waals surface area contributed by atoms with Crippen LogP contribution >= 0.6 is 0 Å². The highest BCUT2D eigenvalue weighted by Crippen LogP contribution is 2.42. The van der Waals surface area contributed by atoms with Gasteiger partial charge in [-0.15, -0.1) is 0 Å². The first-order valence-corrected chi connectivity index (χ1v) is 5.13. The Balaban J connectivity index is 2.14. The molecule has 3 rings (SSSR count). The molecule has 82 valence electrons. The van der Waals surface area contributed by atoms with Gasteiger partial charge in [-0.3, -0.25) is 5.10 Å². The molecule has 0 saturated heterocycles. The van der Waals surface area contributed by atoms with E-state index < -0.39 is 5.97 Å². The summed E-state index contributed by atoms with van der Waals surface area (Å²) in [7, 11) is 0. The Bertz CT molecular complexity index is 523. The Morgan fingerprint density at radius 1 is 1.56 bits per heavy atom. The van der Waals surface area contributed by atoms with Crippen LogP contribution in [0.25, 0.3) is 11.5 Å². The van der Waals surface area contributed by atoms with Crippen LogP contribution in [0, 0.1) is 0 Å². The van der Waals surface area contributed by atoms with Gasteiger partial charge in [0.2, 0.25) is 0 Å². The zero-order chi connectivity index (χ0) is 11.1. The van der Waals surface area contributed by atoms with E-state index in [1.807, 2.05) is 0 Å². The molecule has 1 aliphatic rings. The molecule has 2 aromatic rings. The number of furan rings is 1. The lowest BCUT2D eigenvalue weighted by atomic mass is 10.1. The smallest absolute Gasteiger partial charge is 0.339 e. The Kier molecular flexibility index (Phi) is 1.86. The Hall–Kier alpha value is -2.04. The van der Waals surface area contributed by atoms with Crippen LogP contribution in [0.3, 0.4) is 0 Å². The summed E-state index contributed by atoms with van der Waals surface area (Å²) in [6.07, 6.45) is 3.56. The van der Waals surface area contributed by atoms with Crippen molar-refractivity contribution in [1.82, 2.24) is 10.2 Å². The molecule has 0 atom stereocenters. The summed E-state index contributed by atoms with van der Waals surface area (Å²) in [5.41, 5.74) is 1.36. The first kappa shape index (κ1) is 9.21. The van der Waals surface area contributed by atoms with Crippen molar-refractivity contribution >= 4 is 5.97 Å². The van der Waals surface area contributed by atoms with Crippen molar-refractivity contribution in [3.05, 3.63) is 29.7 Å². The standard InChI is InChI=1S/C11H10N2O3/c14-11(15)8-9(6-3-4-6)12-13-10(8)7-2-1-5-16-7/h1-2,5-6H,3-4H2,(H,12,13)(H,14,15). The maximum absolute atomic E-state index is 11.2. The molecule has 0 amide bonds. The third-order valence-corrected chi connectivity index (χ3v) is 2.75. The van der Waals surface area contributed by atoms with E-state index in [0.717, 1.165) is 18.5 Å². The van der Waals surface area contributed by atoms with Gasteiger partial charge in [-0.25, -0.2) is 4.79 Å². The molecule has 0 bridgehead atoms. The predicted octanol–water partition coefficient (Wildman–Crippen LogP) is 2.25. The molecular weight excluding hydrogens is 208 g/mol. The van der Waals surface area contributed by atoms with Gasteiger partial charge < -0.3 is 9.52 Å². The Morgan fingerprint density at radius 2 is 2.38 bits per heavy atom. The lowest BCUT2D eigenvalue weighted by Gasteiger charge is -1.97. The van der Waals surface area contributed by atoms with Crippen LogP contribution in [0.15, 0.2) is 22.8 Å². The van der Waals surface area contributed by atoms with Gasteiger partial charge in [-0.1, -0.05) is 0 Å². The fourth-order valence-corrected chi connectivity index (χ4v) is 1.83. The van der Waals surface area contributed by atoms with Crippen molar-refractivity contribution in [3.8, 4) is 11.5 Å². The van der Waals surface area contributed by atoms with Gasteiger partial charge in [0.05, 0.1) is 12.0 Å². The Labute approximate surface area is 91.1 Å². The van der Waals surface area contributed by atoms with Gasteiger partial charge >= 0.3 is 5.97 Å². The minimum atomic E-state index is -0.956. The number of H-pyrrole nitrogens is 1. The molecule has 5 nitrogen and oxygen atoms in total. The molecule has 16 heavy (non-hydrogen) atoms. The highest BCUT2D eigenvalue weighted by molar-refractivity contribution is 5.95. The quantitative estimate of drug-likeness (QED) is 0.828. The van der Waals surface area contributed by atoms with Gasteiger partial charge in [0.25, 0.3) is 0 Å². The number of carboxylic acids is 1. The van der Waals surface area contributed by atoms with E-state index in [-0.39, 0.29) is 5.56 Å². The molecule has 0 radical (unpaired) electrons. The van der Waals surface area contributed by atoms with E-state index >= 15 is 0 Å². The van der Waals surface area contributed by atoms with Crippen LogP contribution in [-0.4, -0.2) is 21.3 Å². The number of carboxylic acid groups (broad SMARTS) is 1. The fraction of sp³-hybridized carbons (Fsp3) is 0.273. The highest BCUT2D eigenvalue weighted by Gasteiger charge is 2.33. The van der Waals surface area contributed by atoms with E-state index in [2.05, 4.69) is 10.2 Å². The normalized spacial score (nSPS) is 15.2. The number of aromatic nitrogens is 2. The molecule has 0 spiro atoms. The number of hydrogen-bond acceptors (Lipinski definition) is 3. The second-order valence-electron chi connectivity index (χ2n) is 3.92. The molecule has 2 N–H and O–H groups in total. The molecular formula is C11H10N2O3. The van der Waals surface area contributed by atoms with E-state index in [1.54, 1.807) is 12.1 Å². The fourth-order valence-electron chi connectivity index (χ4n) is 1.83. The summed E-state index contributed by atoms with van der Waals surface area (Å²) in [6, 6.07) is 3.42. The highest BCUT2D eigenvalue weighted by atomic mass is 16.4. The lowest BCUT2D eigenvalue weighted by molar-refractivity contribution is 0.0696. The van der Waals surface area contributed by atoms with E-state index in [1.165, 1.54) is 6.26 Å². The molecule has 1 fully saturated rings. The number of nitrogens with one attached hydrogen (secondary N) is 1.